The van der Waals surface area contributed by atoms with Crippen LogP contribution in [0, 0.1) is 0 Å². The number of esters is 1. The SMILES string of the molecule is CCN(CC(=O)OC)S(=O)(=O)Cc1cccc(C(N)=S)c1. The van der Waals surface area contributed by atoms with Gasteiger partial charge in [0.15, 0.2) is 0 Å². The van der Waals surface area contributed by atoms with Crippen molar-refractivity contribution < 1.29 is 17.9 Å². The van der Waals surface area contributed by atoms with Crippen LogP contribution < -0.4 is 5.73 Å². The molecule has 0 amide bonds. The van der Waals surface area contributed by atoms with Gasteiger partial charge in [0, 0.05) is 12.1 Å². The second-order valence-corrected chi connectivity index (χ2v) is 6.73. The molecule has 0 saturated heterocycles. The first-order valence-electron chi connectivity index (χ1n) is 6.23. The average Bonchev–Trinajstić information content (AvgIpc) is 2.43. The van der Waals surface area contributed by atoms with E-state index < -0.39 is 16.0 Å². The van der Waals surface area contributed by atoms with E-state index in [9.17, 15) is 13.2 Å². The molecule has 0 fully saturated rings. The van der Waals surface area contributed by atoms with Crippen LogP contribution in [0.15, 0.2) is 24.3 Å². The topological polar surface area (TPSA) is 89.7 Å². The van der Waals surface area contributed by atoms with E-state index in [1.54, 1.807) is 31.2 Å². The summed E-state index contributed by atoms with van der Waals surface area (Å²) < 4.78 is 30.2. The van der Waals surface area contributed by atoms with Crippen LogP contribution in [-0.2, 0) is 25.3 Å². The highest BCUT2D eigenvalue weighted by Crippen LogP contribution is 2.13. The number of carbonyl (C=O) groups excluding carboxylic acids is 1. The van der Waals surface area contributed by atoms with Gasteiger partial charge in [-0.1, -0.05) is 37.3 Å². The fraction of sp³-hybridized carbons (Fsp3) is 0.385. The number of thiocarbonyl (C=S) groups is 1. The van der Waals surface area contributed by atoms with Crippen molar-refractivity contribution in [1.82, 2.24) is 4.31 Å². The number of benzene rings is 1. The Labute approximate surface area is 129 Å². The molecule has 0 aliphatic carbocycles. The van der Waals surface area contributed by atoms with E-state index in [2.05, 4.69) is 4.74 Å². The largest absolute Gasteiger partial charge is 0.468 e. The van der Waals surface area contributed by atoms with Crippen molar-refractivity contribution in [3.05, 3.63) is 35.4 Å². The summed E-state index contributed by atoms with van der Waals surface area (Å²) in [6.45, 7) is 1.54. The molecule has 0 saturated carbocycles. The number of nitrogens with zero attached hydrogens (tertiary/aromatic N) is 1. The van der Waals surface area contributed by atoms with Crippen LogP contribution in [0.25, 0.3) is 0 Å². The fourth-order valence-corrected chi connectivity index (χ4v) is 3.34. The molecule has 0 aliphatic rings. The standard InChI is InChI=1S/C13H18N2O4S2/c1-3-15(8-12(16)19-2)21(17,18)9-10-5-4-6-11(7-10)13(14)20/h4-7H,3,8-9H2,1-2H3,(H2,14,20). The molecule has 116 valence electrons. The molecule has 1 rings (SSSR count). The Kier molecular flexibility index (Phi) is 6.25. The molecule has 0 radical (unpaired) electrons. The lowest BCUT2D eigenvalue weighted by atomic mass is 10.1. The zero-order valence-electron chi connectivity index (χ0n) is 11.9. The zero-order valence-corrected chi connectivity index (χ0v) is 13.5. The van der Waals surface area contributed by atoms with Crippen LogP contribution in [0.5, 0.6) is 0 Å². The molecule has 0 heterocycles. The Balaban J connectivity index is 2.95. The van der Waals surface area contributed by atoms with E-state index in [4.69, 9.17) is 18.0 Å². The normalized spacial score (nSPS) is 11.4. The summed E-state index contributed by atoms with van der Waals surface area (Å²) in [6, 6.07) is 6.71. The van der Waals surface area contributed by atoms with E-state index >= 15 is 0 Å². The van der Waals surface area contributed by atoms with Gasteiger partial charge in [0.1, 0.15) is 11.5 Å². The number of hydrogen-bond donors (Lipinski definition) is 1. The summed E-state index contributed by atoms with van der Waals surface area (Å²) in [4.78, 5) is 11.5. The van der Waals surface area contributed by atoms with Crippen LogP contribution in [0.1, 0.15) is 18.1 Å². The third-order valence-electron chi connectivity index (χ3n) is 2.84. The summed E-state index contributed by atoms with van der Waals surface area (Å²) in [5, 5.41) is 0. The minimum absolute atomic E-state index is 0.187. The summed E-state index contributed by atoms with van der Waals surface area (Å²) in [6.07, 6.45) is 0. The van der Waals surface area contributed by atoms with Crippen LogP contribution >= 0.6 is 12.2 Å². The molecule has 1 aromatic rings. The van der Waals surface area contributed by atoms with Crippen molar-refractivity contribution >= 4 is 33.2 Å². The Morgan fingerprint density at radius 2 is 2.10 bits per heavy atom. The predicted octanol–water partition coefficient (Wildman–Crippen LogP) is 0.646. The minimum Gasteiger partial charge on any atom is -0.468 e. The highest BCUT2D eigenvalue weighted by Gasteiger charge is 2.23. The van der Waals surface area contributed by atoms with Gasteiger partial charge >= 0.3 is 5.97 Å². The quantitative estimate of drug-likeness (QED) is 0.583. The van der Waals surface area contributed by atoms with Crippen molar-refractivity contribution in [3.8, 4) is 0 Å². The maximum absolute atomic E-state index is 12.3. The van der Waals surface area contributed by atoms with Gasteiger partial charge in [-0.2, -0.15) is 4.31 Å². The Morgan fingerprint density at radius 3 is 2.62 bits per heavy atom. The highest BCUT2D eigenvalue weighted by atomic mass is 32.2. The second-order valence-electron chi connectivity index (χ2n) is 4.32. The van der Waals surface area contributed by atoms with Crippen LogP contribution in [0.4, 0.5) is 0 Å². The van der Waals surface area contributed by atoms with Crippen molar-refractivity contribution in [2.75, 3.05) is 20.2 Å². The second kappa shape index (κ2) is 7.48. The van der Waals surface area contributed by atoms with Gasteiger partial charge in [0.05, 0.1) is 12.9 Å². The zero-order chi connectivity index (χ0) is 16.0. The molecular formula is C13H18N2O4S2. The van der Waals surface area contributed by atoms with E-state index in [-0.39, 0.29) is 23.8 Å². The Morgan fingerprint density at radius 1 is 1.43 bits per heavy atom. The van der Waals surface area contributed by atoms with Gasteiger partial charge < -0.3 is 10.5 Å². The van der Waals surface area contributed by atoms with Crippen molar-refractivity contribution in [2.45, 2.75) is 12.7 Å². The first-order valence-corrected chi connectivity index (χ1v) is 8.25. The molecular weight excluding hydrogens is 312 g/mol. The van der Waals surface area contributed by atoms with Gasteiger partial charge in [0.25, 0.3) is 0 Å². The smallest absolute Gasteiger partial charge is 0.321 e. The van der Waals surface area contributed by atoms with Gasteiger partial charge in [-0.3, -0.25) is 4.79 Å². The summed E-state index contributed by atoms with van der Waals surface area (Å²) in [5.74, 6) is -0.828. The molecule has 0 atom stereocenters. The molecule has 0 bridgehead atoms. The first kappa shape index (κ1) is 17.5. The fourth-order valence-electron chi connectivity index (χ4n) is 1.73. The van der Waals surface area contributed by atoms with Gasteiger partial charge in [-0.05, 0) is 11.6 Å². The van der Waals surface area contributed by atoms with Crippen molar-refractivity contribution in [3.63, 3.8) is 0 Å². The highest BCUT2D eigenvalue weighted by molar-refractivity contribution is 7.88. The third kappa shape index (κ3) is 5.07. The number of nitrogens with two attached hydrogens (primary N) is 1. The third-order valence-corrected chi connectivity index (χ3v) is 4.95. The molecule has 8 heteroatoms. The molecule has 2 N–H and O–H groups in total. The minimum atomic E-state index is -3.62. The average molecular weight is 330 g/mol. The summed E-state index contributed by atoms with van der Waals surface area (Å²) >= 11 is 4.87. The first-order chi connectivity index (χ1) is 9.80. The monoisotopic (exact) mass is 330 g/mol. The number of likely N-dealkylation sites (N-methyl/N-ethyl adjacent to an activating group) is 1. The van der Waals surface area contributed by atoms with Crippen LogP contribution in [0.3, 0.4) is 0 Å². The number of methoxy groups -OCH3 is 1. The number of carbonyl (C=O) groups is 1. The van der Waals surface area contributed by atoms with E-state index in [0.717, 1.165) is 4.31 Å². The predicted molar refractivity (Wildman–Crippen MR) is 84.2 cm³/mol. The molecule has 6 nitrogen and oxygen atoms in total. The van der Waals surface area contributed by atoms with Crippen LogP contribution in [0.2, 0.25) is 0 Å². The summed E-state index contributed by atoms with van der Waals surface area (Å²) in [7, 11) is -2.41. The van der Waals surface area contributed by atoms with Crippen molar-refractivity contribution in [2.24, 2.45) is 5.73 Å². The van der Waals surface area contributed by atoms with E-state index in [1.807, 2.05) is 0 Å². The van der Waals surface area contributed by atoms with E-state index in [1.165, 1.54) is 7.11 Å². The van der Waals surface area contributed by atoms with Crippen molar-refractivity contribution in [1.29, 1.82) is 0 Å². The molecule has 0 unspecified atom stereocenters. The summed E-state index contributed by atoms with van der Waals surface area (Å²) in [5.41, 5.74) is 6.69. The molecule has 1 aromatic carbocycles. The van der Waals surface area contributed by atoms with E-state index in [0.29, 0.717) is 11.1 Å². The Bertz CT molecular complexity index is 629. The number of sulfonamides is 1. The van der Waals surface area contributed by atoms with Gasteiger partial charge in [-0.25, -0.2) is 8.42 Å². The van der Waals surface area contributed by atoms with Gasteiger partial charge in [0.2, 0.25) is 10.0 Å². The molecule has 0 aliphatic heterocycles. The van der Waals surface area contributed by atoms with Crippen LogP contribution in [-0.4, -0.2) is 43.9 Å². The lowest BCUT2D eigenvalue weighted by Crippen LogP contribution is -2.36. The van der Waals surface area contributed by atoms with Gasteiger partial charge in [-0.15, -0.1) is 0 Å². The number of ether oxygens (including phenoxy) is 1. The molecule has 0 aromatic heterocycles. The Hall–Kier alpha value is -1.51. The lowest BCUT2D eigenvalue weighted by Gasteiger charge is -2.19. The maximum atomic E-state index is 12.3. The molecule has 21 heavy (non-hydrogen) atoms. The maximum Gasteiger partial charge on any atom is 0.321 e. The lowest BCUT2D eigenvalue weighted by molar-refractivity contribution is -0.140. The number of hydrogen-bond acceptors (Lipinski definition) is 5. The number of rotatable bonds is 7. The molecule has 0 spiro atoms.